The number of hydrogen-bond donors (Lipinski definition) is 0. The summed E-state index contributed by atoms with van der Waals surface area (Å²) in [5, 5.41) is 1.16. The van der Waals surface area contributed by atoms with Crippen LogP contribution in [0.25, 0.3) is 10.9 Å². The highest BCUT2D eigenvalue weighted by Crippen LogP contribution is 2.27. The third kappa shape index (κ3) is 2.92. The Morgan fingerprint density at radius 2 is 2.00 bits per heavy atom. The van der Waals surface area contributed by atoms with Crippen LogP contribution in [-0.4, -0.2) is 21.8 Å². The topological polar surface area (TPSA) is 33.2 Å². The molecule has 21 heavy (non-hydrogen) atoms. The summed E-state index contributed by atoms with van der Waals surface area (Å²) in [4.78, 5) is 18.7. The van der Waals surface area contributed by atoms with Gasteiger partial charge in [0.15, 0.2) is 0 Å². The number of nitrogens with zero attached hydrogens (tertiary/aromatic N) is 2. The first-order chi connectivity index (χ1) is 10.1. The van der Waals surface area contributed by atoms with Gasteiger partial charge in [-0.05, 0) is 37.5 Å². The van der Waals surface area contributed by atoms with Crippen molar-refractivity contribution in [3.05, 3.63) is 41.6 Å². The van der Waals surface area contributed by atoms with E-state index in [9.17, 15) is 4.79 Å². The summed E-state index contributed by atoms with van der Waals surface area (Å²) >= 11 is 0. The molecule has 1 saturated carbocycles. The molecule has 0 N–H and O–H groups in total. The molecule has 1 heterocycles. The fourth-order valence-electron chi connectivity index (χ4n) is 3.42. The van der Waals surface area contributed by atoms with Crippen LogP contribution in [0.1, 0.15) is 43.9 Å². The van der Waals surface area contributed by atoms with Crippen LogP contribution in [0.15, 0.2) is 30.3 Å². The Hall–Kier alpha value is -1.90. The van der Waals surface area contributed by atoms with Gasteiger partial charge in [0.05, 0.1) is 5.52 Å². The van der Waals surface area contributed by atoms with E-state index in [1.165, 1.54) is 18.4 Å². The third-order valence-corrected chi connectivity index (χ3v) is 4.44. The Morgan fingerprint density at radius 1 is 1.29 bits per heavy atom. The Bertz CT molecular complexity index is 659. The van der Waals surface area contributed by atoms with Gasteiger partial charge in [-0.25, -0.2) is 0 Å². The van der Waals surface area contributed by atoms with Crippen molar-refractivity contribution in [1.29, 1.82) is 0 Å². The second kappa shape index (κ2) is 5.84. The Kier molecular flexibility index (Phi) is 3.91. The van der Waals surface area contributed by atoms with E-state index >= 15 is 0 Å². The molecule has 2 aromatic rings. The predicted molar refractivity (Wildman–Crippen MR) is 85.0 cm³/mol. The number of benzene rings is 1. The van der Waals surface area contributed by atoms with E-state index < -0.39 is 0 Å². The molecule has 0 radical (unpaired) electrons. The predicted octanol–water partition coefficient (Wildman–Crippen LogP) is 3.83. The van der Waals surface area contributed by atoms with Crippen LogP contribution >= 0.6 is 0 Å². The SMILES string of the molecule is CC(=O)N(Cc1cc(C)nc2ccccc12)C1CCCC1. The number of pyridine rings is 1. The molecule has 0 unspecified atom stereocenters. The number of carbonyl (C=O) groups is 1. The lowest BCUT2D eigenvalue weighted by Gasteiger charge is -2.28. The summed E-state index contributed by atoms with van der Waals surface area (Å²) in [5.74, 6) is 0.181. The van der Waals surface area contributed by atoms with E-state index in [1.807, 2.05) is 30.0 Å². The zero-order valence-corrected chi connectivity index (χ0v) is 12.8. The first-order valence-electron chi connectivity index (χ1n) is 7.77. The second-order valence-electron chi connectivity index (χ2n) is 6.03. The van der Waals surface area contributed by atoms with Gasteiger partial charge in [0, 0.05) is 30.6 Å². The van der Waals surface area contributed by atoms with Crippen LogP contribution < -0.4 is 0 Å². The van der Waals surface area contributed by atoms with Crippen LogP contribution in [0.2, 0.25) is 0 Å². The average molecular weight is 282 g/mol. The van der Waals surface area contributed by atoms with Gasteiger partial charge in [0.1, 0.15) is 0 Å². The number of amides is 1. The molecule has 0 bridgehead atoms. The van der Waals surface area contributed by atoms with Crippen LogP contribution in [0.3, 0.4) is 0 Å². The molecular formula is C18H22N2O. The molecule has 3 heteroatoms. The highest BCUT2D eigenvalue weighted by molar-refractivity contribution is 5.83. The van der Waals surface area contributed by atoms with Crippen molar-refractivity contribution in [2.24, 2.45) is 0 Å². The normalized spacial score (nSPS) is 15.5. The van der Waals surface area contributed by atoms with E-state index in [-0.39, 0.29) is 5.91 Å². The van der Waals surface area contributed by atoms with Crippen molar-refractivity contribution in [3.63, 3.8) is 0 Å². The Labute approximate surface area is 126 Å². The van der Waals surface area contributed by atoms with Crippen LogP contribution in [0.5, 0.6) is 0 Å². The summed E-state index contributed by atoms with van der Waals surface area (Å²) in [7, 11) is 0. The Balaban J connectivity index is 1.97. The van der Waals surface area contributed by atoms with E-state index in [2.05, 4.69) is 17.1 Å². The maximum Gasteiger partial charge on any atom is 0.219 e. The summed E-state index contributed by atoms with van der Waals surface area (Å²) in [5.41, 5.74) is 3.24. The molecule has 1 fully saturated rings. The fourth-order valence-corrected chi connectivity index (χ4v) is 3.42. The standard InChI is InChI=1S/C18H22N2O/c1-13-11-15(17-9-5-6-10-18(17)19-13)12-20(14(2)21)16-7-3-4-8-16/h5-6,9-11,16H,3-4,7-8,12H2,1-2H3. The molecule has 0 spiro atoms. The van der Waals surface area contributed by atoms with Gasteiger partial charge in [0.2, 0.25) is 5.91 Å². The molecule has 1 amide bonds. The molecule has 110 valence electrons. The highest BCUT2D eigenvalue weighted by Gasteiger charge is 2.25. The van der Waals surface area contributed by atoms with Crippen LogP contribution in [0, 0.1) is 6.92 Å². The molecule has 0 aliphatic heterocycles. The second-order valence-corrected chi connectivity index (χ2v) is 6.03. The first kappa shape index (κ1) is 14.1. The number of fused-ring (bicyclic) bond motifs is 1. The molecule has 0 saturated heterocycles. The molecule has 3 nitrogen and oxygen atoms in total. The molecule has 3 rings (SSSR count). The molecular weight excluding hydrogens is 260 g/mol. The number of para-hydroxylation sites is 1. The summed E-state index contributed by atoms with van der Waals surface area (Å²) in [6.07, 6.45) is 4.76. The number of aryl methyl sites for hydroxylation is 1. The largest absolute Gasteiger partial charge is 0.336 e. The van der Waals surface area contributed by atoms with Crippen molar-refractivity contribution < 1.29 is 4.79 Å². The molecule has 1 aromatic heterocycles. The van der Waals surface area contributed by atoms with Gasteiger partial charge in [0.25, 0.3) is 0 Å². The van der Waals surface area contributed by atoms with Crippen molar-refractivity contribution in [3.8, 4) is 0 Å². The average Bonchev–Trinajstić information content (AvgIpc) is 2.97. The zero-order chi connectivity index (χ0) is 14.8. The minimum Gasteiger partial charge on any atom is -0.336 e. The summed E-state index contributed by atoms with van der Waals surface area (Å²) in [6.45, 7) is 4.40. The van der Waals surface area contributed by atoms with E-state index in [1.54, 1.807) is 6.92 Å². The van der Waals surface area contributed by atoms with Crippen molar-refractivity contribution in [2.45, 2.75) is 52.1 Å². The molecule has 1 aliphatic carbocycles. The third-order valence-electron chi connectivity index (χ3n) is 4.44. The lowest BCUT2D eigenvalue weighted by Crippen LogP contribution is -2.36. The maximum absolute atomic E-state index is 12.1. The van der Waals surface area contributed by atoms with Crippen LogP contribution in [-0.2, 0) is 11.3 Å². The summed E-state index contributed by atoms with van der Waals surface area (Å²) in [6, 6.07) is 10.7. The van der Waals surface area contributed by atoms with Gasteiger partial charge in [-0.15, -0.1) is 0 Å². The highest BCUT2D eigenvalue weighted by atomic mass is 16.2. The molecule has 1 aliphatic rings. The smallest absolute Gasteiger partial charge is 0.219 e. The minimum absolute atomic E-state index is 0.181. The quantitative estimate of drug-likeness (QED) is 0.857. The van der Waals surface area contributed by atoms with E-state index in [0.717, 1.165) is 29.4 Å². The Morgan fingerprint density at radius 3 is 2.71 bits per heavy atom. The van der Waals surface area contributed by atoms with Gasteiger partial charge in [-0.3, -0.25) is 9.78 Å². The number of carbonyl (C=O) groups excluding carboxylic acids is 1. The summed E-state index contributed by atoms with van der Waals surface area (Å²) < 4.78 is 0. The van der Waals surface area contributed by atoms with Crippen molar-refractivity contribution in [1.82, 2.24) is 9.88 Å². The van der Waals surface area contributed by atoms with E-state index in [4.69, 9.17) is 0 Å². The minimum atomic E-state index is 0.181. The first-order valence-corrected chi connectivity index (χ1v) is 7.77. The fraction of sp³-hybridized carbons (Fsp3) is 0.444. The zero-order valence-electron chi connectivity index (χ0n) is 12.8. The van der Waals surface area contributed by atoms with E-state index in [0.29, 0.717) is 12.6 Å². The van der Waals surface area contributed by atoms with Gasteiger partial charge >= 0.3 is 0 Å². The lowest BCUT2D eigenvalue weighted by molar-refractivity contribution is -0.131. The number of aromatic nitrogens is 1. The van der Waals surface area contributed by atoms with Crippen LogP contribution in [0.4, 0.5) is 0 Å². The number of rotatable bonds is 3. The van der Waals surface area contributed by atoms with Gasteiger partial charge in [-0.1, -0.05) is 31.0 Å². The van der Waals surface area contributed by atoms with Gasteiger partial charge < -0.3 is 4.90 Å². The monoisotopic (exact) mass is 282 g/mol. The lowest BCUT2D eigenvalue weighted by atomic mass is 10.1. The molecule has 1 aromatic carbocycles. The van der Waals surface area contributed by atoms with Crippen molar-refractivity contribution >= 4 is 16.8 Å². The maximum atomic E-state index is 12.1. The van der Waals surface area contributed by atoms with Gasteiger partial charge in [-0.2, -0.15) is 0 Å². The number of hydrogen-bond acceptors (Lipinski definition) is 2. The molecule has 0 atom stereocenters. The van der Waals surface area contributed by atoms with Crippen molar-refractivity contribution in [2.75, 3.05) is 0 Å².